The zero-order valence-electron chi connectivity index (χ0n) is 14.1. The molecule has 0 aromatic heterocycles. The largest absolute Gasteiger partial charge is 0.423 e. The second-order valence-corrected chi connectivity index (χ2v) is 7.46. The summed E-state index contributed by atoms with van der Waals surface area (Å²) in [6, 6.07) is 18.6. The van der Waals surface area contributed by atoms with Crippen molar-refractivity contribution in [3.05, 3.63) is 78.9 Å². The van der Waals surface area contributed by atoms with E-state index in [2.05, 4.69) is 11.3 Å². The Morgan fingerprint density at radius 3 is 2.46 bits per heavy atom. The third-order valence-electron chi connectivity index (χ3n) is 3.71. The van der Waals surface area contributed by atoms with Crippen LogP contribution in [0, 0.1) is 0 Å². The minimum absolute atomic E-state index is 0.00236. The molecule has 0 saturated carbocycles. The highest BCUT2D eigenvalue weighted by Gasteiger charge is 2.17. The molecule has 3 aromatic rings. The lowest BCUT2D eigenvalue weighted by Gasteiger charge is -2.12. The maximum absolute atomic E-state index is 12.7. The molecule has 0 spiro atoms. The van der Waals surface area contributed by atoms with E-state index in [-0.39, 0.29) is 16.2 Å². The van der Waals surface area contributed by atoms with Crippen molar-refractivity contribution in [1.29, 1.82) is 0 Å². The fourth-order valence-corrected chi connectivity index (χ4v) is 3.53. The summed E-state index contributed by atoms with van der Waals surface area (Å²) in [7, 11) is -3.85. The molecule has 132 valence electrons. The predicted molar refractivity (Wildman–Crippen MR) is 102 cm³/mol. The van der Waals surface area contributed by atoms with Crippen molar-refractivity contribution >= 4 is 32.5 Å². The van der Waals surface area contributed by atoms with Crippen LogP contribution in [0.5, 0.6) is 5.75 Å². The molecule has 6 heteroatoms. The molecule has 0 aliphatic heterocycles. The summed E-state index contributed by atoms with van der Waals surface area (Å²) in [6.45, 7) is 5.02. The van der Waals surface area contributed by atoms with E-state index >= 15 is 0 Å². The Hall–Kier alpha value is -3.12. The van der Waals surface area contributed by atoms with Gasteiger partial charge in [0.1, 0.15) is 5.75 Å². The monoisotopic (exact) mass is 367 g/mol. The Kier molecular flexibility index (Phi) is 4.77. The minimum atomic E-state index is -3.85. The molecule has 0 saturated heterocycles. The smallest absolute Gasteiger partial charge is 0.338 e. The number of carbonyl (C=O) groups is 1. The van der Waals surface area contributed by atoms with Crippen molar-refractivity contribution < 1.29 is 17.9 Å². The number of hydrogen-bond acceptors (Lipinski definition) is 4. The van der Waals surface area contributed by atoms with Crippen LogP contribution in [-0.2, 0) is 14.8 Å². The molecule has 5 nitrogen and oxygen atoms in total. The van der Waals surface area contributed by atoms with Gasteiger partial charge in [-0.3, -0.25) is 4.72 Å². The summed E-state index contributed by atoms with van der Waals surface area (Å²) in [4.78, 5) is 11.6. The van der Waals surface area contributed by atoms with Gasteiger partial charge in [0.2, 0.25) is 0 Å². The second kappa shape index (κ2) is 7.01. The molecule has 0 heterocycles. The van der Waals surface area contributed by atoms with Crippen LogP contribution in [0.2, 0.25) is 0 Å². The van der Waals surface area contributed by atoms with Gasteiger partial charge in [0.15, 0.2) is 0 Å². The van der Waals surface area contributed by atoms with E-state index in [1.54, 1.807) is 12.1 Å². The number of fused-ring (bicyclic) bond motifs is 1. The van der Waals surface area contributed by atoms with Crippen molar-refractivity contribution in [2.45, 2.75) is 11.8 Å². The minimum Gasteiger partial charge on any atom is -0.423 e. The molecule has 0 unspecified atom stereocenters. The molecular formula is C20H17NO4S. The molecule has 1 N–H and O–H groups in total. The van der Waals surface area contributed by atoms with E-state index < -0.39 is 16.0 Å². The van der Waals surface area contributed by atoms with Crippen LogP contribution in [0.1, 0.15) is 6.92 Å². The number of anilines is 1. The van der Waals surface area contributed by atoms with Crippen LogP contribution in [0.4, 0.5) is 5.69 Å². The first kappa shape index (κ1) is 17.7. The quantitative estimate of drug-likeness (QED) is 0.418. The van der Waals surface area contributed by atoms with Crippen LogP contribution >= 0.6 is 0 Å². The molecule has 3 aromatic carbocycles. The lowest BCUT2D eigenvalue weighted by atomic mass is 10.1. The van der Waals surface area contributed by atoms with Crippen LogP contribution < -0.4 is 9.46 Å². The number of hydrogen-bond donors (Lipinski definition) is 1. The standard InChI is InChI=1S/C20H17NO4S/c1-14(2)20(22)25-16-9-6-10-17(13-16)26(23,24)21-19-12-5-8-15-7-3-4-11-18(15)19/h3-13,21H,1H2,2H3. The molecule has 0 radical (unpaired) electrons. The molecule has 0 atom stereocenters. The number of esters is 1. The van der Waals surface area contributed by atoms with Gasteiger partial charge in [-0.2, -0.15) is 0 Å². The Labute approximate surface area is 152 Å². The Balaban J connectivity index is 1.93. The third kappa shape index (κ3) is 3.75. The van der Waals surface area contributed by atoms with Crippen molar-refractivity contribution in [1.82, 2.24) is 0 Å². The fraction of sp³-hybridized carbons (Fsp3) is 0.0500. The van der Waals surface area contributed by atoms with Gasteiger partial charge in [0.25, 0.3) is 10.0 Å². The summed E-state index contributed by atoms with van der Waals surface area (Å²) in [6.07, 6.45) is 0. The second-order valence-electron chi connectivity index (χ2n) is 5.78. The highest BCUT2D eigenvalue weighted by Crippen LogP contribution is 2.26. The summed E-state index contributed by atoms with van der Waals surface area (Å²) in [5, 5.41) is 1.72. The first-order valence-electron chi connectivity index (χ1n) is 7.85. The zero-order chi connectivity index (χ0) is 18.7. The number of benzene rings is 3. The van der Waals surface area contributed by atoms with Gasteiger partial charge in [0.05, 0.1) is 10.6 Å². The van der Waals surface area contributed by atoms with Crippen LogP contribution in [-0.4, -0.2) is 14.4 Å². The van der Waals surface area contributed by atoms with Gasteiger partial charge < -0.3 is 4.74 Å². The fourth-order valence-electron chi connectivity index (χ4n) is 2.42. The highest BCUT2D eigenvalue weighted by atomic mass is 32.2. The average Bonchev–Trinajstić information content (AvgIpc) is 2.62. The molecule has 3 rings (SSSR count). The molecule has 0 amide bonds. The van der Waals surface area contributed by atoms with E-state index in [0.29, 0.717) is 5.69 Å². The van der Waals surface area contributed by atoms with Gasteiger partial charge >= 0.3 is 5.97 Å². The number of sulfonamides is 1. The zero-order valence-corrected chi connectivity index (χ0v) is 14.9. The van der Waals surface area contributed by atoms with E-state index in [1.165, 1.54) is 31.2 Å². The summed E-state index contributed by atoms with van der Waals surface area (Å²) < 4.78 is 33.2. The Morgan fingerprint density at radius 2 is 1.69 bits per heavy atom. The van der Waals surface area contributed by atoms with Crippen LogP contribution in [0.3, 0.4) is 0 Å². The maximum Gasteiger partial charge on any atom is 0.338 e. The third-order valence-corrected chi connectivity index (χ3v) is 5.07. The molecule has 26 heavy (non-hydrogen) atoms. The summed E-state index contributed by atoms with van der Waals surface area (Å²) in [5.41, 5.74) is 0.708. The number of carbonyl (C=O) groups excluding carboxylic acids is 1. The lowest BCUT2D eigenvalue weighted by molar-refractivity contribution is -0.130. The summed E-state index contributed by atoms with van der Waals surface area (Å²) >= 11 is 0. The molecule has 0 fully saturated rings. The highest BCUT2D eigenvalue weighted by molar-refractivity contribution is 7.92. The molecule has 0 aliphatic carbocycles. The van der Waals surface area contributed by atoms with E-state index in [1.807, 2.05) is 30.3 Å². The lowest BCUT2D eigenvalue weighted by Crippen LogP contribution is -2.14. The average molecular weight is 367 g/mol. The molecule has 0 bridgehead atoms. The first-order chi connectivity index (χ1) is 12.4. The van der Waals surface area contributed by atoms with Gasteiger partial charge in [-0.15, -0.1) is 0 Å². The van der Waals surface area contributed by atoms with Crippen molar-refractivity contribution in [2.24, 2.45) is 0 Å². The molecule has 0 aliphatic rings. The van der Waals surface area contributed by atoms with E-state index in [0.717, 1.165) is 10.8 Å². The van der Waals surface area contributed by atoms with Crippen LogP contribution in [0.25, 0.3) is 10.8 Å². The maximum atomic E-state index is 12.7. The van der Waals surface area contributed by atoms with E-state index in [9.17, 15) is 13.2 Å². The number of nitrogens with one attached hydrogen (secondary N) is 1. The normalized spacial score (nSPS) is 11.1. The van der Waals surface area contributed by atoms with Gasteiger partial charge in [0, 0.05) is 17.0 Å². The van der Waals surface area contributed by atoms with Gasteiger partial charge in [-0.05, 0) is 30.5 Å². The Bertz CT molecular complexity index is 1100. The first-order valence-corrected chi connectivity index (χ1v) is 9.33. The van der Waals surface area contributed by atoms with E-state index in [4.69, 9.17) is 4.74 Å². The number of ether oxygens (including phenoxy) is 1. The number of rotatable bonds is 5. The molecular weight excluding hydrogens is 350 g/mol. The van der Waals surface area contributed by atoms with Gasteiger partial charge in [-0.25, -0.2) is 13.2 Å². The van der Waals surface area contributed by atoms with Crippen molar-refractivity contribution in [3.8, 4) is 5.75 Å². The Morgan fingerprint density at radius 1 is 1.00 bits per heavy atom. The van der Waals surface area contributed by atoms with Crippen LogP contribution in [0.15, 0.2) is 83.8 Å². The van der Waals surface area contributed by atoms with Gasteiger partial charge in [-0.1, -0.05) is 49.0 Å². The topological polar surface area (TPSA) is 72.5 Å². The van der Waals surface area contributed by atoms with Crippen molar-refractivity contribution in [2.75, 3.05) is 4.72 Å². The summed E-state index contributed by atoms with van der Waals surface area (Å²) in [5.74, 6) is -0.472. The predicted octanol–water partition coefficient (Wildman–Crippen LogP) is 4.12. The SMILES string of the molecule is C=C(C)C(=O)Oc1cccc(S(=O)(=O)Nc2cccc3ccccc23)c1. The van der Waals surface area contributed by atoms with Crippen molar-refractivity contribution in [3.63, 3.8) is 0 Å².